The van der Waals surface area contributed by atoms with E-state index in [0.29, 0.717) is 5.56 Å². The number of aromatic nitrogens is 2. The van der Waals surface area contributed by atoms with Crippen molar-refractivity contribution in [1.82, 2.24) is 15.1 Å². The molecular weight excluding hydrogens is 229 g/mol. The van der Waals surface area contributed by atoms with E-state index in [1.165, 1.54) is 6.07 Å². The monoisotopic (exact) mass is 247 g/mol. The molecule has 0 aliphatic carbocycles. The van der Waals surface area contributed by atoms with Crippen LogP contribution >= 0.6 is 0 Å². The van der Waals surface area contributed by atoms with Crippen LogP contribution in [0.5, 0.6) is 0 Å². The summed E-state index contributed by atoms with van der Waals surface area (Å²) in [6, 6.07) is 5.19. The molecule has 18 heavy (non-hydrogen) atoms. The number of aryl methyl sites for hydroxylation is 2. The Bertz CT molecular complexity index is 546. The van der Waals surface area contributed by atoms with Crippen molar-refractivity contribution in [2.45, 2.75) is 13.3 Å². The molecule has 1 N–H and O–H groups in total. The van der Waals surface area contributed by atoms with Crippen LogP contribution in [0.4, 0.5) is 4.39 Å². The zero-order valence-electron chi connectivity index (χ0n) is 11.0. The molecule has 0 spiro atoms. The summed E-state index contributed by atoms with van der Waals surface area (Å²) in [5, 5.41) is 7.42. The lowest BCUT2D eigenvalue weighted by atomic mass is 10.0. The highest BCUT2D eigenvalue weighted by atomic mass is 19.1. The van der Waals surface area contributed by atoms with E-state index in [1.54, 1.807) is 6.92 Å². The highest BCUT2D eigenvalue weighted by molar-refractivity contribution is 5.66. The molecule has 2 rings (SSSR count). The van der Waals surface area contributed by atoms with Gasteiger partial charge in [-0.05, 0) is 37.2 Å². The summed E-state index contributed by atoms with van der Waals surface area (Å²) >= 11 is 0. The molecule has 0 aliphatic rings. The van der Waals surface area contributed by atoms with Gasteiger partial charge in [0.1, 0.15) is 5.82 Å². The van der Waals surface area contributed by atoms with Crippen LogP contribution in [-0.4, -0.2) is 23.4 Å². The van der Waals surface area contributed by atoms with Gasteiger partial charge in [-0.1, -0.05) is 6.07 Å². The largest absolute Gasteiger partial charge is 0.319 e. The first kappa shape index (κ1) is 12.8. The SMILES string of the molecule is CNCCc1c(-c2ccc(F)c(C)c2)cnn1C. The molecule has 0 fully saturated rings. The minimum absolute atomic E-state index is 0.167. The molecule has 2 aromatic rings. The molecule has 0 saturated carbocycles. The third-order valence-electron chi connectivity index (χ3n) is 3.14. The quantitative estimate of drug-likeness (QED) is 0.898. The third-order valence-corrected chi connectivity index (χ3v) is 3.14. The minimum atomic E-state index is -0.167. The maximum atomic E-state index is 13.3. The average molecular weight is 247 g/mol. The maximum Gasteiger partial charge on any atom is 0.126 e. The molecule has 1 heterocycles. The number of hydrogen-bond donors (Lipinski definition) is 1. The van der Waals surface area contributed by atoms with Crippen molar-refractivity contribution >= 4 is 0 Å². The first-order valence-electron chi connectivity index (χ1n) is 6.05. The fourth-order valence-electron chi connectivity index (χ4n) is 2.06. The van der Waals surface area contributed by atoms with Crippen LogP contribution in [0.1, 0.15) is 11.3 Å². The van der Waals surface area contributed by atoms with Crippen LogP contribution in [0.15, 0.2) is 24.4 Å². The number of hydrogen-bond acceptors (Lipinski definition) is 2. The maximum absolute atomic E-state index is 13.3. The molecule has 0 aliphatic heterocycles. The molecule has 4 heteroatoms. The van der Waals surface area contributed by atoms with Crippen molar-refractivity contribution in [1.29, 1.82) is 0 Å². The van der Waals surface area contributed by atoms with Crippen molar-refractivity contribution in [3.8, 4) is 11.1 Å². The van der Waals surface area contributed by atoms with Gasteiger partial charge in [-0.2, -0.15) is 5.10 Å². The molecule has 0 saturated heterocycles. The molecule has 3 nitrogen and oxygen atoms in total. The zero-order valence-corrected chi connectivity index (χ0v) is 11.0. The van der Waals surface area contributed by atoms with Gasteiger partial charge in [0, 0.05) is 31.3 Å². The van der Waals surface area contributed by atoms with E-state index in [1.807, 2.05) is 37.1 Å². The average Bonchev–Trinajstić information content (AvgIpc) is 2.72. The van der Waals surface area contributed by atoms with Gasteiger partial charge >= 0.3 is 0 Å². The van der Waals surface area contributed by atoms with E-state index in [9.17, 15) is 4.39 Å². The summed E-state index contributed by atoms with van der Waals surface area (Å²) in [5.74, 6) is -0.167. The first-order chi connectivity index (χ1) is 8.63. The summed E-state index contributed by atoms with van der Waals surface area (Å²) in [6.07, 6.45) is 2.75. The molecule has 0 atom stereocenters. The van der Waals surface area contributed by atoms with Gasteiger partial charge in [0.25, 0.3) is 0 Å². The van der Waals surface area contributed by atoms with E-state index in [4.69, 9.17) is 0 Å². The highest BCUT2D eigenvalue weighted by Crippen LogP contribution is 2.25. The van der Waals surface area contributed by atoms with Gasteiger partial charge in [0.2, 0.25) is 0 Å². The van der Waals surface area contributed by atoms with Crippen LogP contribution in [0.3, 0.4) is 0 Å². The fraction of sp³-hybridized carbons (Fsp3) is 0.357. The first-order valence-corrected chi connectivity index (χ1v) is 6.05. The van der Waals surface area contributed by atoms with Gasteiger partial charge in [-0.25, -0.2) is 4.39 Å². The lowest BCUT2D eigenvalue weighted by molar-refractivity contribution is 0.618. The Morgan fingerprint density at radius 2 is 2.17 bits per heavy atom. The number of nitrogens with one attached hydrogen (secondary N) is 1. The summed E-state index contributed by atoms with van der Waals surface area (Å²) in [5.41, 5.74) is 3.93. The molecule has 1 aromatic carbocycles. The van der Waals surface area contributed by atoms with Crippen molar-refractivity contribution in [2.24, 2.45) is 7.05 Å². The van der Waals surface area contributed by atoms with Crippen molar-refractivity contribution < 1.29 is 4.39 Å². The van der Waals surface area contributed by atoms with Gasteiger partial charge in [0.05, 0.1) is 6.20 Å². The van der Waals surface area contributed by atoms with Gasteiger partial charge in [-0.3, -0.25) is 4.68 Å². The van der Waals surface area contributed by atoms with Crippen molar-refractivity contribution in [2.75, 3.05) is 13.6 Å². The Morgan fingerprint density at radius 1 is 1.39 bits per heavy atom. The van der Waals surface area contributed by atoms with Crippen LogP contribution in [0.25, 0.3) is 11.1 Å². The Morgan fingerprint density at radius 3 is 2.83 bits per heavy atom. The van der Waals surface area contributed by atoms with Crippen LogP contribution < -0.4 is 5.32 Å². The fourth-order valence-corrected chi connectivity index (χ4v) is 2.06. The van der Waals surface area contributed by atoms with E-state index >= 15 is 0 Å². The van der Waals surface area contributed by atoms with E-state index in [2.05, 4.69) is 10.4 Å². The second-order valence-corrected chi connectivity index (χ2v) is 4.45. The van der Waals surface area contributed by atoms with E-state index < -0.39 is 0 Å². The Labute approximate surface area is 107 Å². The summed E-state index contributed by atoms with van der Waals surface area (Å²) < 4.78 is 15.2. The molecule has 0 amide bonds. The normalized spacial score (nSPS) is 10.9. The Kier molecular flexibility index (Phi) is 3.77. The lowest BCUT2D eigenvalue weighted by Gasteiger charge is -2.07. The summed E-state index contributed by atoms with van der Waals surface area (Å²) in [6.45, 7) is 2.68. The Balaban J connectivity index is 2.40. The Hall–Kier alpha value is -1.68. The number of rotatable bonds is 4. The van der Waals surface area contributed by atoms with Gasteiger partial charge in [0.15, 0.2) is 0 Å². The zero-order chi connectivity index (χ0) is 13.1. The number of halogens is 1. The molecule has 1 aromatic heterocycles. The molecule has 0 bridgehead atoms. The molecule has 0 radical (unpaired) electrons. The molecule has 96 valence electrons. The van der Waals surface area contributed by atoms with Crippen LogP contribution in [0.2, 0.25) is 0 Å². The lowest BCUT2D eigenvalue weighted by Crippen LogP contribution is -2.13. The van der Waals surface area contributed by atoms with Crippen LogP contribution in [0, 0.1) is 12.7 Å². The predicted molar refractivity (Wildman–Crippen MR) is 71.0 cm³/mol. The highest BCUT2D eigenvalue weighted by Gasteiger charge is 2.11. The number of benzene rings is 1. The summed E-state index contributed by atoms with van der Waals surface area (Å²) in [7, 11) is 3.86. The summed E-state index contributed by atoms with van der Waals surface area (Å²) in [4.78, 5) is 0. The molecular formula is C14H18FN3. The number of nitrogens with zero attached hydrogens (tertiary/aromatic N) is 2. The second kappa shape index (κ2) is 5.31. The number of likely N-dealkylation sites (N-methyl/N-ethyl adjacent to an activating group) is 1. The van der Waals surface area contributed by atoms with Crippen LogP contribution in [-0.2, 0) is 13.5 Å². The second-order valence-electron chi connectivity index (χ2n) is 4.45. The predicted octanol–water partition coefficient (Wildman–Crippen LogP) is 2.30. The standard InChI is InChI=1S/C14H18FN3/c1-10-8-11(4-5-13(10)15)12-9-17-18(3)14(12)6-7-16-2/h4-5,8-9,16H,6-7H2,1-3H3. The van der Waals surface area contributed by atoms with Crippen molar-refractivity contribution in [3.63, 3.8) is 0 Å². The van der Waals surface area contributed by atoms with Gasteiger partial charge < -0.3 is 5.32 Å². The topological polar surface area (TPSA) is 29.9 Å². The minimum Gasteiger partial charge on any atom is -0.319 e. The van der Waals surface area contributed by atoms with E-state index in [-0.39, 0.29) is 5.82 Å². The third kappa shape index (κ3) is 2.43. The smallest absolute Gasteiger partial charge is 0.126 e. The van der Waals surface area contributed by atoms with Gasteiger partial charge in [-0.15, -0.1) is 0 Å². The molecule has 0 unspecified atom stereocenters. The van der Waals surface area contributed by atoms with Crippen molar-refractivity contribution in [3.05, 3.63) is 41.5 Å². The van der Waals surface area contributed by atoms with E-state index in [0.717, 1.165) is 29.8 Å².